The highest BCUT2D eigenvalue weighted by molar-refractivity contribution is 5.97. The highest BCUT2D eigenvalue weighted by Crippen LogP contribution is 2.21. The van der Waals surface area contributed by atoms with Crippen LogP contribution in [0, 0.1) is 0 Å². The second kappa shape index (κ2) is 5.96. The molecule has 7 heteroatoms. The number of oxime groups is 1. The standard InChI is InChI=1S/C13H17N5O2/c1-18-6-5-12(16-18)15-8-10-7-9(13(14)17-19)3-4-11(10)20-2/h3-7,19H,8H2,1-2H3,(H2,14,17)(H,15,16). The highest BCUT2D eigenvalue weighted by Gasteiger charge is 2.07. The molecule has 1 aromatic carbocycles. The molecule has 7 nitrogen and oxygen atoms in total. The van der Waals surface area contributed by atoms with E-state index in [9.17, 15) is 0 Å². The molecule has 106 valence electrons. The van der Waals surface area contributed by atoms with E-state index in [0.29, 0.717) is 12.1 Å². The van der Waals surface area contributed by atoms with E-state index in [1.54, 1.807) is 23.9 Å². The van der Waals surface area contributed by atoms with Crippen LogP contribution in [0.5, 0.6) is 5.75 Å². The van der Waals surface area contributed by atoms with Gasteiger partial charge in [-0.15, -0.1) is 0 Å². The van der Waals surface area contributed by atoms with E-state index in [1.165, 1.54) is 0 Å². The van der Waals surface area contributed by atoms with Crippen molar-refractivity contribution < 1.29 is 9.94 Å². The molecule has 0 saturated carbocycles. The lowest BCUT2D eigenvalue weighted by Crippen LogP contribution is -2.14. The number of nitrogens with two attached hydrogens (primary N) is 1. The second-order valence-electron chi connectivity index (χ2n) is 4.24. The third-order valence-electron chi connectivity index (χ3n) is 2.86. The number of aryl methyl sites for hydroxylation is 1. The quantitative estimate of drug-likeness (QED) is 0.329. The summed E-state index contributed by atoms with van der Waals surface area (Å²) >= 11 is 0. The Morgan fingerprint density at radius 3 is 2.90 bits per heavy atom. The van der Waals surface area contributed by atoms with Crippen LogP contribution in [-0.2, 0) is 13.6 Å². The molecule has 0 amide bonds. The van der Waals surface area contributed by atoms with Crippen molar-refractivity contribution in [3.8, 4) is 5.75 Å². The van der Waals surface area contributed by atoms with Crippen molar-refractivity contribution in [1.29, 1.82) is 0 Å². The summed E-state index contributed by atoms with van der Waals surface area (Å²) in [6.45, 7) is 0.521. The fourth-order valence-electron chi connectivity index (χ4n) is 1.83. The van der Waals surface area contributed by atoms with Crippen LogP contribution < -0.4 is 15.8 Å². The summed E-state index contributed by atoms with van der Waals surface area (Å²) < 4.78 is 7.01. The molecule has 0 spiro atoms. The largest absolute Gasteiger partial charge is 0.496 e. The van der Waals surface area contributed by atoms with Gasteiger partial charge < -0.3 is 21.0 Å². The molecular weight excluding hydrogens is 258 g/mol. The topological polar surface area (TPSA) is 97.7 Å². The summed E-state index contributed by atoms with van der Waals surface area (Å²) in [5.74, 6) is 1.55. The van der Waals surface area contributed by atoms with Crippen LogP contribution in [0.25, 0.3) is 0 Å². The fourth-order valence-corrected chi connectivity index (χ4v) is 1.83. The van der Waals surface area contributed by atoms with E-state index in [0.717, 1.165) is 17.1 Å². The lowest BCUT2D eigenvalue weighted by atomic mass is 10.1. The predicted molar refractivity (Wildman–Crippen MR) is 76.0 cm³/mol. The molecule has 0 atom stereocenters. The molecule has 0 fully saturated rings. The lowest BCUT2D eigenvalue weighted by Gasteiger charge is -2.11. The van der Waals surface area contributed by atoms with Crippen LogP contribution in [0.3, 0.4) is 0 Å². The number of ether oxygens (including phenoxy) is 1. The minimum Gasteiger partial charge on any atom is -0.496 e. The third kappa shape index (κ3) is 3.00. The fraction of sp³-hybridized carbons (Fsp3) is 0.231. The van der Waals surface area contributed by atoms with Gasteiger partial charge in [-0.1, -0.05) is 5.16 Å². The van der Waals surface area contributed by atoms with Crippen LogP contribution in [-0.4, -0.2) is 27.9 Å². The van der Waals surface area contributed by atoms with E-state index in [2.05, 4.69) is 15.6 Å². The van der Waals surface area contributed by atoms with Crippen molar-refractivity contribution in [3.63, 3.8) is 0 Å². The Labute approximate surface area is 116 Å². The molecule has 0 aliphatic heterocycles. The second-order valence-corrected chi connectivity index (χ2v) is 4.24. The molecule has 1 aromatic heterocycles. The number of methoxy groups -OCH3 is 1. The van der Waals surface area contributed by atoms with Gasteiger partial charge >= 0.3 is 0 Å². The maximum absolute atomic E-state index is 8.72. The van der Waals surface area contributed by atoms with Gasteiger partial charge in [-0.3, -0.25) is 4.68 Å². The van der Waals surface area contributed by atoms with Crippen molar-refractivity contribution in [2.45, 2.75) is 6.54 Å². The molecule has 0 aliphatic carbocycles. The Bertz CT molecular complexity index is 621. The van der Waals surface area contributed by atoms with E-state index in [-0.39, 0.29) is 5.84 Å². The van der Waals surface area contributed by atoms with Gasteiger partial charge in [0.1, 0.15) is 11.6 Å². The lowest BCUT2D eigenvalue weighted by molar-refractivity contribution is 0.318. The zero-order chi connectivity index (χ0) is 14.5. The number of benzene rings is 1. The van der Waals surface area contributed by atoms with Gasteiger partial charge in [-0.2, -0.15) is 5.10 Å². The Morgan fingerprint density at radius 2 is 2.30 bits per heavy atom. The molecule has 2 aromatic rings. The first-order chi connectivity index (χ1) is 9.63. The van der Waals surface area contributed by atoms with Crippen LogP contribution in [0.1, 0.15) is 11.1 Å². The van der Waals surface area contributed by atoms with Crippen molar-refractivity contribution in [2.24, 2.45) is 17.9 Å². The first-order valence-corrected chi connectivity index (χ1v) is 6.02. The van der Waals surface area contributed by atoms with Gasteiger partial charge in [-0.05, 0) is 18.2 Å². The highest BCUT2D eigenvalue weighted by atomic mass is 16.5. The summed E-state index contributed by atoms with van der Waals surface area (Å²) in [6, 6.07) is 7.20. The van der Waals surface area contributed by atoms with Gasteiger partial charge in [0.15, 0.2) is 5.84 Å². The predicted octanol–water partition coefficient (Wildman–Crippen LogP) is 1.14. The minimum absolute atomic E-state index is 0.0618. The van der Waals surface area contributed by atoms with Crippen molar-refractivity contribution in [2.75, 3.05) is 12.4 Å². The average molecular weight is 275 g/mol. The third-order valence-corrected chi connectivity index (χ3v) is 2.86. The number of aromatic nitrogens is 2. The maximum Gasteiger partial charge on any atom is 0.170 e. The SMILES string of the molecule is COc1ccc(/C(N)=N/O)cc1CNc1ccn(C)n1. The Hall–Kier alpha value is -2.70. The summed E-state index contributed by atoms with van der Waals surface area (Å²) in [5, 5.41) is 19.1. The van der Waals surface area contributed by atoms with Gasteiger partial charge in [0, 0.05) is 37.0 Å². The van der Waals surface area contributed by atoms with E-state index in [1.807, 2.05) is 25.4 Å². The maximum atomic E-state index is 8.72. The molecular formula is C13H17N5O2. The van der Waals surface area contributed by atoms with E-state index >= 15 is 0 Å². The number of nitrogens with one attached hydrogen (secondary N) is 1. The molecule has 20 heavy (non-hydrogen) atoms. The van der Waals surface area contributed by atoms with Crippen molar-refractivity contribution >= 4 is 11.7 Å². The minimum atomic E-state index is 0.0618. The van der Waals surface area contributed by atoms with E-state index in [4.69, 9.17) is 15.7 Å². The van der Waals surface area contributed by atoms with Crippen LogP contribution in [0.4, 0.5) is 5.82 Å². The molecule has 0 saturated heterocycles. The normalized spacial score (nSPS) is 11.4. The molecule has 4 N–H and O–H groups in total. The van der Waals surface area contributed by atoms with Crippen LogP contribution >= 0.6 is 0 Å². The molecule has 0 radical (unpaired) electrons. The summed E-state index contributed by atoms with van der Waals surface area (Å²) in [7, 11) is 3.45. The molecule has 0 unspecified atom stereocenters. The summed E-state index contributed by atoms with van der Waals surface area (Å²) in [6.07, 6.45) is 1.85. The Balaban J connectivity index is 2.20. The number of rotatable bonds is 5. The zero-order valence-electron chi connectivity index (χ0n) is 11.4. The number of anilines is 1. The van der Waals surface area contributed by atoms with Crippen LogP contribution in [0.2, 0.25) is 0 Å². The van der Waals surface area contributed by atoms with Crippen molar-refractivity contribution in [3.05, 3.63) is 41.6 Å². The van der Waals surface area contributed by atoms with Gasteiger partial charge in [0.25, 0.3) is 0 Å². The average Bonchev–Trinajstić information content (AvgIpc) is 2.89. The number of nitrogens with zero attached hydrogens (tertiary/aromatic N) is 3. The Morgan fingerprint density at radius 1 is 1.50 bits per heavy atom. The monoisotopic (exact) mass is 275 g/mol. The number of hydrogen-bond donors (Lipinski definition) is 3. The molecule has 1 heterocycles. The van der Waals surface area contributed by atoms with Crippen molar-refractivity contribution in [1.82, 2.24) is 9.78 Å². The number of amidine groups is 1. The van der Waals surface area contributed by atoms with E-state index < -0.39 is 0 Å². The van der Waals surface area contributed by atoms with Gasteiger partial charge in [-0.25, -0.2) is 0 Å². The molecule has 0 bridgehead atoms. The Kier molecular flexibility index (Phi) is 4.09. The number of hydrogen-bond acceptors (Lipinski definition) is 5. The molecule has 0 aliphatic rings. The summed E-state index contributed by atoms with van der Waals surface area (Å²) in [4.78, 5) is 0. The summed E-state index contributed by atoms with van der Waals surface area (Å²) in [5.41, 5.74) is 7.11. The van der Waals surface area contributed by atoms with Gasteiger partial charge in [0.2, 0.25) is 0 Å². The smallest absolute Gasteiger partial charge is 0.170 e. The van der Waals surface area contributed by atoms with Gasteiger partial charge in [0.05, 0.1) is 7.11 Å². The first kappa shape index (κ1) is 13.7. The van der Waals surface area contributed by atoms with Crippen LogP contribution in [0.15, 0.2) is 35.6 Å². The zero-order valence-corrected chi connectivity index (χ0v) is 11.4. The first-order valence-electron chi connectivity index (χ1n) is 6.02. The molecule has 2 rings (SSSR count).